The van der Waals surface area contributed by atoms with Crippen LogP contribution in [0.1, 0.15) is 25.0 Å². The number of nitrogens with zero attached hydrogens (tertiary/aromatic N) is 2. The minimum atomic E-state index is -4.94. The molecule has 0 aliphatic carbocycles. The number of hydrogen-bond acceptors (Lipinski definition) is 5. The predicted octanol–water partition coefficient (Wildman–Crippen LogP) is 6.98. The van der Waals surface area contributed by atoms with Gasteiger partial charge < -0.3 is 5.11 Å². The van der Waals surface area contributed by atoms with Crippen LogP contribution in [0.2, 0.25) is 10.0 Å². The summed E-state index contributed by atoms with van der Waals surface area (Å²) in [5.74, 6) is -0.0321. The van der Waals surface area contributed by atoms with E-state index in [-0.39, 0.29) is 11.2 Å². The van der Waals surface area contributed by atoms with Gasteiger partial charge in [-0.05, 0) is 96.3 Å². The number of pyridine rings is 1. The fourth-order valence-corrected chi connectivity index (χ4v) is 7.78. The molecule has 0 bridgehead atoms. The monoisotopic (exact) mass is 826 g/mol. The molecule has 0 amide bonds. The fraction of sp³-hybridized carbons (Fsp3) is 0.0833. The molecular weight excluding hydrogens is 791 g/mol. The van der Waals surface area contributed by atoms with Crippen molar-refractivity contribution >= 4 is 40.7 Å². The molecule has 7 nitrogen and oxygen atoms in total. The molecule has 1 aromatic heterocycles. The number of aromatic nitrogens is 1. The highest BCUT2D eigenvalue weighted by atomic mass is 35.7. The molecule has 1 aliphatic heterocycles. The standard InChI is InChI=1S/C48H37Cl2N2O.ClHO4/c1-48(2)42-16-10-11-17-43(42)51(3)46(48)27-22-36-28-40(31-41(47(36)53)33-14-8-5-9-15-33)52-44(34-18-23-38(49)24-19-34)29-37(32-12-6-4-7-13-32)30-45(52)35-20-25-39(50)26-21-35;2-1(3,4)5/h4-31H,1-3H3;(H,2,3,4,5)/q+1;/p-1. The number of rotatable bonds is 7. The first-order valence-electron chi connectivity index (χ1n) is 18.3. The Hall–Kier alpha value is -5.61. The number of halogens is 3. The number of allylic oxidation sites excluding steroid dienone is 1. The molecule has 2 heterocycles. The summed E-state index contributed by atoms with van der Waals surface area (Å²) in [4.78, 5) is 0. The number of hydrogen-bond donors (Lipinski definition) is 0. The van der Waals surface area contributed by atoms with Crippen LogP contribution in [0.25, 0.3) is 56.5 Å². The van der Waals surface area contributed by atoms with Crippen molar-refractivity contribution in [2.24, 2.45) is 0 Å². The van der Waals surface area contributed by atoms with Crippen molar-refractivity contribution in [3.63, 3.8) is 0 Å². The van der Waals surface area contributed by atoms with Crippen LogP contribution in [0, 0.1) is 10.2 Å². The molecule has 0 atom stereocenters. The Labute approximate surface area is 349 Å². The Morgan fingerprint density at radius 2 is 1.03 bits per heavy atom. The number of benzene rings is 6. The molecule has 6 aromatic carbocycles. The lowest BCUT2D eigenvalue weighted by atomic mass is 9.81. The van der Waals surface area contributed by atoms with E-state index >= 15 is 0 Å². The third kappa shape index (κ3) is 8.77. The van der Waals surface area contributed by atoms with Gasteiger partial charge in [0.05, 0.1) is 5.41 Å². The Morgan fingerprint density at radius 1 is 0.552 bits per heavy atom. The normalized spacial score (nSPS) is 13.3. The van der Waals surface area contributed by atoms with Crippen LogP contribution in [0.15, 0.2) is 164 Å². The van der Waals surface area contributed by atoms with Gasteiger partial charge in [0.15, 0.2) is 5.71 Å². The van der Waals surface area contributed by atoms with E-state index in [2.05, 4.69) is 96.8 Å². The van der Waals surface area contributed by atoms with Crippen molar-refractivity contribution < 1.29 is 43.1 Å². The molecule has 0 saturated carbocycles. The molecule has 0 spiro atoms. The second-order valence-corrected chi connectivity index (χ2v) is 15.9. The summed E-state index contributed by atoms with van der Waals surface area (Å²) < 4.78 is 38.4. The van der Waals surface area contributed by atoms with Crippen LogP contribution in [0.4, 0.5) is 5.69 Å². The molecule has 0 N–H and O–H groups in total. The maximum atomic E-state index is 14.5. The topological polar surface area (TPSA) is 122 Å². The maximum Gasteiger partial charge on any atom is 0.219 e. The molecule has 0 radical (unpaired) electrons. The van der Waals surface area contributed by atoms with Gasteiger partial charge in [0.2, 0.25) is 22.8 Å². The highest BCUT2D eigenvalue weighted by Gasteiger charge is 2.42. The quantitative estimate of drug-likeness (QED) is 0.161. The summed E-state index contributed by atoms with van der Waals surface area (Å²) >= 11 is 12.9. The number of fused-ring (bicyclic) bond motifs is 1. The van der Waals surface area contributed by atoms with Gasteiger partial charge in [-0.25, -0.2) is 18.6 Å². The summed E-state index contributed by atoms with van der Waals surface area (Å²) in [5, 5.41) is 15.8. The second kappa shape index (κ2) is 16.7. The first-order chi connectivity index (χ1) is 27.7. The highest BCUT2D eigenvalue weighted by molar-refractivity contribution is 6.31. The van der Waals surface area contributed by atoms with E-state index in [1.165, 1.54) is 11.3 Å². The van der Waals surface area contributed by atoms with Crippen LogP contribution in [-0.4, -0.2) is 17.3 Å². The van der Waals surface area contributed by atoms with Crippen LogP contribution in [-0.2, 0) is 5.41 Å². The summed E-state index contributed by atoms with van der Waals surface area (Å²) in [6, 6.07) is 53.1. The average Bonchev–Trinajstić information content (AvgIpc) is 3.41. The van der Waals surface area contributed by atoms with Gasteiger partial charge in [-0.3, -0.25) is 0 Å². The zero-order chi connectivity index (χ0) is 41.2. The molecule has 0 fully saturated rings. The Morgan fingerprint density at radius 3 is 1.55 bits per heavy atom. The molecule has 8 rings (SSSR count). The van der Waals surface area contributed by atoms with Crippen molar-refractivity contribution in [3.8, 4) is 56.2 Å². The molecular formula is C48H37Cl3N2O5. The summed E-state index contributed by atoms with van der Waals surface area (Å²) in [5.41, 5.74) is 12.2. The summed E-state index contributed by atoms with van der Waals surface area (Å²) in [6.45, 7) is 4.47. The van der Waals surface area contributed by atoms with Gasteiger partial charge in [-0.1, -0.05) is 108 Å². The third-order valence-corrected chi connectivity index (χ3v) is 10.8. The summed E-state index contributed by atoms with van der Waals surface area (Å²) in [7, 11) is -2.85. The smallest absolute Gasteiger partial charge is 0.219 e. The van der Waals surface area contributed by atoms with Crippen LogP contribution >= 0.6 is 23.2 Å². The molecule has 10 heteroatoms. The van der Waals surface area contributed by atoms with E-state index in [1.54, 1.807) is 0 Å². The highest BCUT2D eigenvalue weighted by Crippen LogP contribution is 2.40. The zero-order valence-corrected chi connectivity index (χ0v) is 34.0. The van der Waals surface area contributed by atoms with E-state index < -0.39 is 10.2 Å². The van der Waals surface area contributed by atoms with Crippen LogP contribution in [0.5, 0.6) is 5.75 Å². The molecule has 7 aromatic rings. The van der Waals surface area contributed by atoms with Crippen molar-refractivity contribution in [1.29, 1.82) is 0 Å². The van der Waals surface area contributed by atoms with Gasteiger partial charge in [-0.2, -0.15) is 9.14 Å². The van der Waals surface area contributed by atoms with Crippen molar-refractivity contribution in [2.75, 3.05) is 7.05 Å². The molecule has 1 aliphatic rings. The van der Waals surface area contributed by atoms with E-state index in [0.29, 0.717) is 21.2 Å². The van der Waals surface area contributed by atoms with Gasteiger partial charge in [0.25, 0.3) is 0 Å². The fourth-order valence-electron chi connectivity index (χ4n) is 7.53. The predicted molar refractivity (Wildman–Crippen MR) is 219 cm³/mol. The minimum Gasteiger partial charge on any atom is -0.872 e. The van der Waals surface area contributed by atoms with E-state index in [4.69, 9.17) is 41.8 Å². The molecule has 290 valence electrons. The largest absolute Gasteiger partial charge is 0.872 e. The van der Waals surface area contributed by atoms with E-state index in [1.807, 2.05) is 103 Å². The Balaban J connectivity index is 0.000000966. The third-order valence-electron chi connectivity index (χ3n) is 10.3. The maximum absolute atomic E-state index is 14.5. The lowest BCUT2D eigenvalue weighted by molar-refractivity contribution is -2.00. The molecule has 58 heavy (non-hydrogen) atoms. The van der Waals surface area contributed by atoms with E-state index in [9.17, 15) is 5.11 Å². The van der Waals surface area contributed by atoms with Crippen LogP contribution < -0.4 is 28.3 Å². The average molecular weight is 828 g/mol. The van der Waals surface area contributed by atoms with Crippen molar-refractivity contribution in [1.82, 2.24) is 0 Å². The van der Waals surface area contributed by atoms with Gasteiger partial charge in [0, 0.05) is 63.1 Å². The first-order valence-corrected chi connectivity index (χ1v) is 20.3. The SMILES string of the molecule is C[N+]1=C(/C=C\c2cc(-[n+]3c(-c4ccc(Cl)cc4)cc(-c4ccccc4)cc3-c3ccc(Cl)cc3)cc(-c3ccccc3)c2[O-])C(C)(C)c2ccccc21.[O-][Cl+3]([O-])([O-])[O-]. The van der Waals surface area contributed by atoms with Gasteiger partial charge >= 0.3 is 0 Å². The minimum absolute atomic E-state index is 0.0321. The van der Waals surface area contributed by atoms with E-state index in [0.717, 1.165) is 50.6 Å². The van der Waals surface area contributed by atoms with Crippen molar-refractivity contribution in [3.05, 3.63) is 185 Å². The zero-order valence-electron chi connectivity index (χ0n) is 31.7. The lowest BCUT2D eigenvalue weighted by Crippen LogP contribution is -2.68. The van der Waals surface area contributed by atoms with Gasteiger partial charge in [0.1, 0.15) is 7.05 Å². The summed E-state index contributed by atoms with van der Waals surface area (Å²) in [6.07, 6.45) is 4.10. The lowest BCUT2D eigenvalue weighted by Gasteiger charge is -2.20. The van der Waals surface area contributed by atoms with Gasteiger partial charge in [-0.15, -0.1) is 10.2 Å². The van der Waals surface area contributed by atoms with Crippen LogP contribution in [0.3, 0.4) is 0 Å². The Kier molecular flexibility index (Phi) is 11.7. The molecule has 0 saturated heterocycles. The van der Waals surface area contributed by atoms with Crippen molar-refractivity contribution in [2.45, 2.75) is 19.3 Å². The molecule has 0 unspecified atom stereocenters. The second-order valence-electron chi connectivity index (χ2n) is 14.3. The number of para-hydroxylation sites is 1. The Bertz CT molecular complexity index is 2580. The first kappa shape index (κ1) is 40.6.